The van der Waals surface area contributed by atoms with Crippen LogP contribution in [0.2, 0.25) is 0 Å². The first-order valence-electron chi connectivity index (χ1n) is 4.12. The number of hydrogen-bond acceptors (Lipinski definition) is 1. The summed E-state index contributed by atoms with van der Waals surface area (Å²) in [5.41, 5.74) is 1.02. The molecule has 0 saturated carbocycles. The predicted molar refractivity (Wildman–Crippen MR) is 49.0 cm³/mol. The predicted octanol–water partition coefficient (Wildman–Crippen LogP) is 2.41. The quantitative estimate of drug-likeness (QED) is 0.708. The van der Waals surface area contributed by atoms with E-state index >= 15 is 0 Å². The molecule has 2 nitrogen and oxygen atoms in total. The molecular formula is C10H11N2Y-. The first kappa shape index (κ1) is 10.9. The fraction of sp³-hybridized carbons (Fsp3) is 0.300. The first-order valence-corrected chi connectivity index (χ1v) is 4.12. The summed E-state index contributed by atoms with van der Waals surface area (Å²) in [6, 6.07) is 9.29. The monoisotopic (exact) mass is 248 g/mol. The van der Waals surface area contributed by atoms with Crippen LogP contribution in [-0.2, 0) is 32.7 Å². The van der Waals surface area contributed by atoms with Crippen LogP contribution in [0.1, 0.15) is 19.9 Å². The van der Waals surface area contributed by atoms with Crippen molar-refractivity contribution >= 4 is 10.9 Å². The molecule has 1 heterocycles. The third kappa shape index (κ3) is 2.18. The molecule has 0 spiro atoms. The number of benzene rings is 1. The largest absolute Gasteiger partial charge is 0.283 e. The normalized spacial score (nSPS) is 10.4. The Kier molecular flexibility index (Phi) is 3.63. The van der Waals surface area contributed by atoms with E-state index < -0.39 is 0 Å². The Labute approximate surface area is 103 Å². The molecule has 0 N–H and O–H groups in total. The van der Waals surface area contributed by atoms with Gasteiger partial charge in [-0.05, 0) is 19.4 Å². The van der Waals surface area contributed by atoms with Crippen LogP contribution in [-0.4, -0.2) is 9.78 Å². The minimum atomic E-state index is 0. The van der Waals surface area contributed by atoms with Gasteiger partial charge in [-0.25, -0.2) is 5.10 Å². The third-order valence-corrected chi connectivity index (χ3v) is 1.90. The zero-order valence-corrected chi connectivity index (χ0v) is 10.7. The molecule has 0 fully saturated rings. The summed E-state index contributed by atoms with van der Waals surface area (Å²) in [6.07, 6.45) is 2.06. The number of fused-ring (bicyclic) bond motifs is 1. The SMILES string of the molecule is CC(C)n1cc2cc[c-]cc2n1.[Y]. The Morgan fingerprint density at radius 1 is 1.46 bits per heavy atom. The topological polar surface area (TPSA) is 17.8 Å². The van der Waals surface area contributed by atoms with Crippen LogP contribution >= 0.6 is 0 Å². The average Bonchev–Trinajstić information content (AvgIpc) is 2.46. The number of hydrogen-bond donors (Lipinski definition) is 0. The minimum absolute atomic E-state index is 0. The molecular weight excluding hydrogens is 237 g/mol. The van der Waals surface area contributed by atoms with Gasteiger partial charge < -0.3 is 0 Å². The van der Waals surface area contributed by atoms with E-state index in [0.29, 0.717) is 6.04 Å². The summed E-state index contributed by atoms with van der Waals surface area (Å²) in [5, 5.41) is 5.58. The van der Waals surface area contributed by atoms with Gasteiger partial charge in [-0.15, -0.1) is 6.07 Å². The van der Waals surface area contributed by atoms with Gasteiger partial charge in [-0.2, -0.15) is 18.2 Å². The van der Waals surface area contributed by atoms with Crippen LogP contribution in [0.3, 0.4) is 0 Å². The molecule has 3 heteroatoms. The van der Waals surface area contributed by atoms with E-state index in [0.717, 1.165) is 5.52 Å². The molecule has 0 saturated heterocycles. The van der Waals surface area contributed by atoms with Gasteiger partial charge in [0.15, 0.2) is 0 Å². The van der Waals surface area contributed by atoms with Crippen LogP contribution in [0.25, 0.3) is 10.9 Å². The van der Waals surface area contributed by atoms with Crippen LogP contribution < -0.4 is 0 Å². The van der Waals surface area contributed by atoms with Crippen molar-refractivity contribution in [3.05, 3.63) is 30.5 Å². The van der Waals surface area contributed by atoms with Crippen molar-refractivity contribution in [3.63, 3.8) is 0 Å². The van der Waals surface area contributed by atoms with Crippen molar-refractivity contribution < 1.29 is 32.7 Å². The summed E-state index contributed by atoms with van der Waals surface area (Å²) in [7, 11) is 0. The number of aromatic nitrogens is 2. The molecule has 0 unspecified atom stereocenters. The second-order valence-electron chi connectivity index (χ2n) is 3.19. The van der Waals surface area contributed by atoms with Crippen molar-refractivity contribution in [2.45, 2.75) is 19.9 Å². The second kappa shape index (κ2) is 4.34. The van der Waals surface area contributed by atoms with E-state index in [1.807, 2.05) is 22.9 Å². The number of rotatable bonds is 1. The van der Waals surface area contributed by atoms with E-state index in [2.05, 4.69) is 31.2 Å². The van der Waals surface area contributed by atoms with Gasteiger partial charge in [-0.3, -0.25) is 4.68 Å². The van der Waals surface area contributed by atoms with Gasteiger partial charge >= 0.3 is 0 Å². The molecule has 65 valence electrons. The number of nitrogens with zero attached hydrogens (tertiary/aromatic N) is 2. The van der Waals surface area contributed by atoms with Crippen molar-refractivity contribution in [1.29, 1.82) is 0 Å². The molecule has 0 aliphatic heterocycles. The Balaban J connectivity index is 0.000000845. The van der Waals surface area contributed by atoms with Crippen molar-refractivity contribution in [2.75, 3.05) is 0 Å². The fourth-order valence-corrected chi connectivity index (χ4v) is 1.19. The van der Waals surface area contributed by atoms with Gasteiger partial charge in [0.05, 0.1) is 0 Å². The standard InChI is InChI=1S/C10H11N2.Y/c1-8(2)12-7-9-5-3-4-6-10(9)11-12;/h3,5-8H,1-2H3;/q-1;. The molecule has 0 aliphatic carbocycles. The van der Waals surface area contributed by atoms with E-state index in [-0.39, 0.29) is 32.7 Å². The minimum Gasteiger partial charge on any atom is -0.283 e. The maximum Gasteiger partial charge on any atom is 0.0450 e. The summed E-state index contributed by atoms with van der Waals surface area (Å²) >= 11 is 0. The molecule has 2 rings (SSSR count). The van der Waals surface area contributed by atoms with E-state index in [4.69, 9.17) is 0 Å². The van der Waals surface area contributed by atoms with Crippen molar-refractivity contribution in [2.24, 2.45) is 0 Å². The Morgan fingerprint density at radius 3 is 2.85 bits per heavy atom. The zero-order chi connectivity index (χ0) is 8.55. The smallest absolute Gasteiger partial charge is 0.0450 e. The maximum absolute atomic E-state index is 4.40. The van der Waals surface area contributed by atoms with E-state index in [1.165, 1.54) is 5.39 Å². The molecule has 1 aromatic carbocycles. The molecule has 0 atom stereocenters. The van der Waals surface area contributed by atoms with Crippen LogP contribution in [0.4, 0.5) is 0 Å². The first-order chi connectivity index (χ1) is 5.77. The van der Waals surface area contributed by atoms with Gasteiger partial charge in [-0.1, -0.05) is 5.39 Å². The van der Waals surface area contributed by atoms with E-state index in [9.17, 15) is 0 Å². The summed E-state index contributed by atoms with van der Waals surface area (Å²) in [6.45, 7) is 4.24. The summed E-state index contributed by atoms with van der Waals surface area (Å²) in [4.78, 5) is 0. The Morgan fingerprint density at radius 2 is 2.23 bits per heavy atom. The van der Waals surface area contributed by atoms with Gasteiger partial charge in [0.1, 0.15) is 0 Å². The summed E-state index contributed by atoms with van der Waals surface area (Å²) < 4.78 is 1.97. The third-order valence-electron chi connectivity index (χ3n) is 1.90. The van der Waals surface area contributed by atoms with Gasteiger partial charge in [0.2, 0.25) is 0 Å². The molecule has 0 bridgehead atoms. The summed E-state index contributed by atoms with van der Waals surface area (Å²) in [5.74, 6) is 0. The van der Waals surface area contributed by atoms with Crippen molar-refractivity contribution in [3.8, 4) is 0 Å². The van der Waals surface area contributed by atoms with Crippen molar-refractivity contribution in [1.82, 2.24) is 9.78 Å². The zero-order valence-electron chi connectivity index (χ0n) is 7.86. The molecule has 13 heavy (non-hydrogen) atoms. The molecule has 2 aromatic rings. The fourth-order valence-electron chi connectivity index (χ4n) is 1.19. The average molecular weight is 248 g/mol. The van der Waals surface area contributed by atoms with Crippen LogP contribution in [0, 0.1) is 6.07 Å². The molecule has 1 aromatic heterocycles. The van der Waals surface area contributed by atoms with Gasteiger partial charge in [0.25, 0.3) is 0 Å². The molecule has 1 radical (unpaired) electrons. The molecule has 0 aliphatic rings. The maximum atomic E-state index is 4.40. The molecule has 0 amide bonds. The Hall–Kier alpha value is -0.206. The Bertz CT molecular complexity index is 359. The van der Waals surface area contributed by atoms with Crippen LogP contribution in [0.15, 0.2) is 24.4 Å². The van der Waals surface area contributed by atoms with Crippen LogP contribution in [0.5, 0.6) is 0 Å². The van der Waals surface area contributed by atoms with Gasteiger partial charge in [0, 0.05) is 44.9 Å². The van der Waals surface area contributed by atoms with E-state index in [1.54, 1.807) is 0 Å². The second-order valence-corrected chi connectivity index (χ2v) is 3.19.